The Labute approximate surface area is 97.6 Å². The molecule has 0 bridgehead atoms. The summed E-state index contributed by atoms with van der Waals surface area (Å²) in [5.41, 5.74) is 0. The first kappa shape index (κ1) is 12.9. The number of nitrogens with one attached hydrogen (secondary N) is 1. The number of carbonyl (C=O) groups is 2. The van der Waals surface area contributed by atoms with E-state index in [1.54, 1.807) is 6.92 Å². The first-order valence-corrected chi connectivity index (χ1v) is 5.13. The van der Waals surface area contributed by atoms with Gasteiger partial charge in [-0.15, -0.1) is 0 Å². The average Bonchev–Trinajstić information content (AvgIpc) is 2.78. The SMILES string of the molecule is CCN(CC(=O)O)C(=O)NCCc1ncno1. The number of hydrogen-bond donors (Lipinski definition) is 2. The average molecular weight is 242 g/mol. The third kappa shape index (κ3) is 4.49. The zero-order valence-electron chi connectivity index (χ0n) is 9.42. The molecule has 8 nitrogen and oxygen atoms in total. The fraction of sp³-hybridized carbons (Fsp3) is 0.556. The Morgan fingerprint density at radius 3 is 2.88 bits per heavy atom. The van der Waals surface area contributed by atoms with Crippen LogP contribution in [0.1, 0.15) is 12.8 Å². The number of carboxylic acids is 1. The van der Waals surface area contributed by atoms with Crippen molar-refractivity contribution in [3.05, 3.63) is 12.2 Å². The number of carbonyl (C=O) groups excluding carboxylic acids is 1. The van der Waals surface area contributed by atoms with Gasteiger partial charge in [0.15, 0.2) is 6.33 Å². The van der Waals surface area contributed by atoms with Crippen LogP contribution < -0.4 is 5.32 Å². The van der Waals surface area contributed by atoms with E-state index in [1.165, 1.54) is 11.2 Å². The number of likely N-dealkylation sites (N-methyl/N-ethyl adjacent to an activating group) is 1. The van der Waals surface area contributed by atoms with Gasteiger partial charge in [0.1, 0.15) is 6.54 Å². The number of hydrogen-bond acceptors (Lipinski definition) is 5. The van der Waals surface area contributed by atoms with Crippen LogP contribution in [0.3, 0.4) is 0 Å². The topological polar surface area (TPSA) is 109 Å². The van der Waals surface area contributed by atoms with E-state index in [-0.39, 0.29) is 6.54 Å². The Morgan fingerprint density at radius 2 is 2.35 bits per heavy atom. The van der Waals surface area contributed by atoms with Crippen LogP contribution in [0.5, 0.6) is 0 Å². The predicted molar refractivity (Wildman–Crippen MR) is 56.3 cm³/mol. The van der Waals surface area contributed by atoms with E-state index in [4.69, 9.17) is 9.63 Å². The van der Waals surface area contributed by atoms with Crippen molar-refractivity contribution < 1.29 is 19.2 Å². The molecule has 0 radical (unpaired) electrons. The fourth-order valence-corrected chi connectivity index (χ4v) is 1.18. The molecular formula is C9H14N4O4. The second kappa shape index (κ2) is 6.46. The maximum atomic E-state index is 11.5. The molecule has 2 N–H and O–H groups in total. The van der Waals surface area contributed by atoms with Gasteiger partial charge in [0.2, 0.25) is 5.89 Å². The molecule has 1 heterocycles. The first-order valence-electron chi connectivity index (χ1n) is 5.13. The normalized spacial score (nSPS) is 9.94. The molecule has 0 saturated heterocycles. The van der Waals surface area contributed by atoms with Gasteiger partial charge < -0.3 is 19.8 Å². The van der Waals surface area contributed by atoms with Crippen LogP contribution in [0.15, 0.2) is 10.9 Å². The van der Waals surface area contributed by atoms with Crippen molar-refractivity contribution in [3.63, 3.8) is 0 Å². The molecule has 0 aliphatic rings. The minimum Gasteiger partial charge on any atom is -0.480 e. The maximum absolute atomic E-state index is 11.5. The van der Waals surface area contributed by atoms with Crippen LogP contribution in [-0.2, 0) is 11.2 Å². The summed E-state index contributed by atoms with van der Waals surface area (Å²) in [6, 6.07) is -0.422. The van der Waals surface area contributed by atoms with Crippen molar-refractivity contribution in [2.45, 2.75) is 13.3 Å². The largest absolute Gasteiger partial charge is 0.480 e. The van der Waals surface area contributed by atoms with Gasteiger partial charge >= 0.3 is 12.0 Å². The highest BCUT2D eigenvalue weighted by atomic mass is 16.5. The second-order valence-electron chi connectivity index (χ2n) is 3.22. The number of nitrogens with zero attached hydrogens (tertiary/aromatic N) is 3. The van der Waals surface area contributed by atoms with Crippen LogP contribution in [0.4, 0.5) is 4.79 Å². The molecule has 17 heavy (non-hydrogen) atoms. The maximum Gasteiger partial charge on any atom is 0.323 e. The molecule has 0 aromatic carbocycles. The Morgan fingerprint density at radius 1 is 1.59 bits per heavy atom. The molecule has 0 spiro atoms. The van der Waals surface area contributed by atoms with Gasteiger partial charge in [-0.3, -0.25) is 4.79 Å². The summed E-state index contributed by atoms with van der Waals surface area (Å²) in [6.07, 6.45) is 1.69. The number of aromatic nitrogens is 2. The van der Waals surface area contributed by atoms with Gasteiger partial charge in [0.25, 0.3) is 0 Å². The quantitative estimate of drug-likeness (QED) is 0.710. The van der Waals surface area contributed by atoms with Gasteiger partial charge in [-0.25, -0.2) is 4.79 Å². The van der Waals surface area contributed by atoms with Crippen molar-refractivity contribution in [2.24, 2.45) is 0 Å². The number of urea groups is 1. The lowest BCUT2D eigenvalue weighted by atomic mass is 10.4. The van der Waals surface area contributed by atoms with Crippen molar-refractivity contribution in [3.8, 4) is 0 Å². The van der Waals surface area contributed by atoms with Crippen LogP contribution in [0, 0.1) is 0 Å². The summed E-state index contributed by atoms with van der Waals surface area (Å²) < 4.78 is 4.75. The zero-order chi connectivity index (χ0) is 12.7. The number of amides is 2. The van der Waals surface area contributed by atoms with Gasteiger partial charge in [-0.1, -0.05) is 5.16 Å². The molecule has 1 aromatic rings. The summed E-state index contributed by atoms with van der Waals surface area (Å²) in [5, 5.41) is 14.6. The summed E-state index contributed by atoms with van der Waals surface area (Å²) >= 11 is 0. The summed E-state index contributed by atoms with van der Waals surface area (Å²) in [7, 11) is 0. The van der Waals surface area contributed by atoms with Crippen molar-refractivity contribution in [2.75, 3.05) is 19.6 Å². The predicted octanol–water partition coefficient (Wildman–Crippen LogP) is -0.272. The van der Waals surface area contributed by atoms with Crippen molar-refractivity contribution in [1.29, 1.82) is 0 Å². The fourth-order valence-electron chi connectivity index (χ4n) is 1.18. The molecule has 8 heteroatoms. The Bertz CT molecular complexity index is 365. The van der Waals surface area contributed by atoms with Gasteiger partial charge in [-0.2, -0.15) is 4.98 Å². The highest BCUT2D eigenvalue weighted by Gasteiger charge is 2.14. The van der Waals surface area contributed by atoms with Crippen molar-refractivity contribution >= 4 is 12.0 Å². The minimum atomic E-state index is -1.04. The molecule has 1 aromatic heterocycles. The van der Waals surface area contributed by atoms with Gasteiger partial charge in [0, 0.05) is 19.5 Å². The van der Waals surface area contributed by atoms with Crippen LogP contribution in [0.25, 0.3) is 0 Å². The molecule has 0 aliphatic carbocycles. The van der Waals surface area contributed by atoms with E-state index in [0.29, 0.717) is 25.4 Å². The lowest BCUT2D eigenvalue weighted by Crippen LogP contribution is -2.43. The van der Waals surface area contributed by atoms with E-state index in [2.05, 4.69) is 15.5 Å². The third-order valence-electron chi connectivity index (χ3n) is 2.02. The van der Waals surface area contributed by atoms with E-state index < -0.39 is 12.0 Å². The smallest absolute Gasteiger partial charge is 0.323 e. The molecule has 0 fully saturated rings. The van der Waals surface area contributed by atoms with Gasteiger partial charge in [-0.05, 0) is 6.92 Å². The van der Waals surface area contributed by atoms with Crippen LogP contribution >= 0.6 is 0 Å². The van der Waals surface area contributed by atoms with E-state index in [9.17, 15) is 9.59 Å². The van der Waals surface area contributed by atoms with Crippen LogP contribution in [0.2, 0.25) is 0 Å². The molecule has 94 valence electrons. The molecule has 1 rings (SSSR count). The molecule has 0 unspecified atom stereocenters. The molecule has 0 saturated carbocycles. The lowest BCUT2D eigenvalue weighted by Gasteiger charge is -2.18. The molecular weight excluding hydrogens is 228 g/mol. The Hall–Kier alpha value is -2.12. The lowest BCUT2D eigenvalue weighted by molar-refractivity contribution is -0.137. The van der Waals surface area contributed by atoms with E-state index >= 15 is 0 Å². The highest BCUT2D eigenvalue weighted by Crippen LogP contribution is 1.93. The number of aliphatic carboxylic acids is 1. The van der Waals surface area contributed by atoms with E-state index in [1.807, 2.05) is 0 Å². The summed E-state index contributed by atoms with van der Waals surface area (Å²) in [6.45, 7) is 2.04. The van der Waals surface area contributed by atoms with Gasteiger partial charge in [0.05, 0.1) is 0 Å². The molecule has 0 aliphatic heterocycles. The minimum absolute atomic E-state index is 0.317. The number of rotatable bonds is 6. The summed E-state index contributed by atoms with van der Waals surface area (Å²) in [5.74, 6) is -0.620. The first-order chi connectivity index (χ1) is 8.13. The zero-order valence-corrected chi connectivity index (χ0v) is 9.42. The number of carboxylic acid groups (broad SMARTS) is 1. The monoisotopic (exact) mass is 242 g/mol. The Kier molecular flexibility index (Phi) is 4.92. The van der Waals surface area contributed by atoms with Crippen LogP contribution in [-0.4, -0.2) is 51.8 Å². The Balaban J connectivity index is 2.29. The molecule has 0 atom stereocenters. The second-order valence-corrected chi connectivity index (χ2v) is 3.22. The highest BCUT2D eigenvalue weighted by molar-refractivity contribution is 5.79. The standard InChI is InChI=1S/C9H14N4O4/c1-2-13(5-8(14)15)9(16)10-4-3-7-11-6-12-17-7/h6H,2-5H2,1H3,(H,10,16)(H,14,15). The van der Waals surface area contributed by atoms with Crippen molar-refractivity contribution in [1.82, 2.24) is 20.4 Å². The third-order valence-corrected chi connectivity index (χ3v) is 2.02. The van der Waals surface area contributed by atoms with E-state index in [0.717, 1.165) is 0 Å². The molecule has 2 amide bonds. The summed E-state index contributed by atoms with van der Waals surface area (Å²) in [4.78, 5) is 27.0.